The minimum absolute atomic E-state index is 0.134. The molecule has 0 aromatic rings. The second-order valence-electron chi connectivity index (χ2n) is 3.94. The third-order valence-corrected chi connectivity index (χ3v) is 2.05. The van der Waals surface area contributed by atoms with Crippen LogP contribution in [0.5, 0.6) is 0 Å². The minimum Gasteiger partial charge on any atom is -0.478 e. The molecule has 0 aromatic carbocycles. The van der Waals surface area contributed by atoms with E-state index in [0.29, 0.717) is 29.7 Å². The fourth-order valence-electron chi connectivity index (χ4n) is 1.13. The highest BCUT2D eigenvalue weighted by Gasteiger charge is 2.38. The van der Waals surface area contributed by atoms with Crippen LogP contribution in [0.1, 0.15) is 13.3 Å². The Labute approximate surface area is 127 Å². The first-order valence-corrected chi connectivity index (χ1v) is 5.92. The summed E-state index contributed by atoms with van der Waals surface area (Å²) < 4.78 is 76.0. The number of nitrogens with two attached hydrogens (primary N) is 1. The fraction of sp³-hybridized carbons (Fsp3) is 0.333. The number of hydrogen-bond acceptors (Lipinski definition) is 3. The van der Waals surface area contributed by atoms with Crippen molar-refractivity contribution in [3.05, 3.63) is 35.7 Å². The molecule has 0 amide bonds. The van der Waals surface area contributed by atoms with Crippen molar-refractivity contribution in [3.63, 3.8) is 0 Å². The standard InChI is InChI=1S/C12H13F6N3O2/c1-2-3-8(11(13,14)15)6-9(12(16,17)18)20-7-21(19)5-4-10(22)23/h3-7H,2,19H2,1H3,(H,22,23)/b5-4-,8-3+,9-6-,20-7?. The number of halogens is 6. The van der Waals surface area contributed by atoms with Gasteiger partial charge in [0.15, 0.2) is 0 Å². The van der Waals surface area contributed by atoms with Crippen LogP contribution >= 0.6 is 0 Å². The zero-order valence-corrected chi connectivity index (χ0v) is 11.7. The van der Waals surface area contributed by atoms with Gasteiger partial charge in [-0.1, -0.05) is 13.0 Å². The van der Waals surface area contributed by atoms with Crippen molar-refractivity contribution < 1.29 is 36.2 Å². The van der Waals surface area contributed by atoms with E-state index in [9.17, 15) is 31.1 Å². The van der Waals surface area contributed by atoms with Crippen molar-refractivity contribution in [1.82, 2.24) is 5.01 Å². The summed E-state index contributed by atoms with van der Waals surface area (Å²) in [7, 11) is 0. The number of rotatable bonds is 6. The number of carbonyl (C=O) groups is 1. The van der Waals surface area contributed by atoms with Crippen LogP contribution in [-0.2, 0) is 4.79 Å². The van der Waals surface area contributed by atoms with Gasteiger partial charge in [0.05, 0.1) is 5.57 Å². The largest absolute Gasteiger partial charge is 0.478 e. The van der Waals surface area contributed by atoms with E-state index >= 15 is 0 Å². The molecule has 0 rings (SSSR count). The van der Waals surface area contributed by atoms with Crippen LogP contribution in [0.15, 0.2) is 40.7 Å². The third kappa shape index (κ3) is 8.66. The number of carboxylic acids is 1. The molecule has 0 saturated carbocycles. The SMILES string of the molecule is CC/C=C(\C=C(/N=CN(N)/C=C\C(=O)O)C(F)(F)F)C(F)(F)F. The molecule has 23 heavy (non-hydrogen) atoms. The lowest BCUT2D eigenvalue weighted by atomic mass is 10.1. The van der Waals surface area contributed by atoms with Gasteiger partial charge < -0.3 is 5.11 Å². The number of hydrazine groups is 1. The van der Waals surface area contributed by atoms with Crippen LogP contribution in [0.2, 0.25) is 0 Å². The normalized spacial score (nSPS) is 14.8. The fourth-order valence-corrected chi connectivity index (χ4v) is 1.13. The maximum Gasteiger partial charge on any atom is 0.433 e. The molecule has 0 aliphatic rings. The smallest absolute Gasteiger partial charge is 0.433 e. The molecule has 0 atom stereocenters. The van der Waals surface area contributed by atoms with Crippen LogP contribution in [0.25, 0.3) is 0 Å². The van der Waals surface area contributed by atoms with Gasteiger partial charge in [0.1, 0.15) is 12.0 Å². The summed E-state index contributed by atoms with van der Waals surface area (Å²) >= 11 is 0. The topological polar surface area (TPSA) is 78.9 Å². The molecule has 130 valence electrons. The lowest BCUT2D eigenvalue weighted by molar-refractivity contribution is -0.131. The van der Waals surface area contributed by atoms with Crippen molar-refractivity contribution in [1.29, 1.82) is 0 Å². The minimum atomic E-state index is -5.16. The Balaban J connectivity index is 5.59. The Bertz CT molecular complexity index is 532. The number of nitrogens with zero attached hydrogens (tertiary/aromatic N) is 2. The second kappa shape index (κ2) is 8.36. The van der Waals surface area contributed by atoms with E-state index in [2.05, 4.69) is 4.99 Å². The maximum absolute atomic E-state index is 12.7. The van der Waals surface area contributed by atoms with Gasteiger partial charge in [-0.05, 0) is 12.5 Å². The molecule has 11 heteroatoms. The summed E-state index contributed by atoms with van der Waals surface area (Å²) in [6, 6.07) is 0. The molecule has 0 radical (unpaired) electrons. The average Bonchev–Trinajstić information content (AvgIpc) is 2.37. The first-order chi connectivity index (χ1) is 10.4. The van der Waals surface area contributed by atoms with E-state index < -0.39 is 29.6 Å². The predicted molar refractivity (Wildman–Crippen MR) is 69.9 cm³/mol. The van der Waals surface area contributed by atoms with Gasteiger partial charge >= 0.3 is 18.3 Å². The molecule has 0 aromatic heterocycles. The maximum atomic E-state index is 12.7. The number of aliphatic imine (C=N–C) groups is 1. The third-order valence-electron chi connectivity index (χ3n) is 2.05. The first kappa shape index (κ1) is 20.7. The molecular formula is C12H13F6N3O2. The second-order valence-corrected chi connectivity index (χ2v) is 3.94. The van der Waals surface area contributed by atoms with Crippen molar-refractivity contribution >= 4 is 12.3 Å². The summed E-state index contributed by atoms with van der Waals surface area (Å²) in [5, 5.41) is 8.65. The van der Waals surface area contributed by atoms with E-state index in [1.54, 1.807) is 0 Å². The van der Waals surface area contributed by atoms with E-state index in [-0.39, 0.29) is 12.5 Å². The van der Waals surface area contributed by atoms with Gasteiger partial charge in [-0.15, -0.1) is 0 Å². The molecule has 0 unspecified atom stereocenters. The zero-order chi connectivity index (χ0) is 18.3. The number of hydrogen-bond donors (Lipinski definition) is 2. The number of carboxylic acid groups (broad SMARTS) is 1. The highest BCUT2D eigenvalue weighted by atomic mass is 19.4. The quantitative estimate of drug-likeness (QED) is 0.147. The number of alkyl halides is 6. The summed E-state index contributed by atoms with van der Waals surface area (Å²) in [5.74, 6) is 3.67. The van der Waals surface area contributed by atoms with Gasteiger partial charge in [-0.25, -0.2) is 15.6 Å². The Morgan fingerprint density at radius 1 is 1.22 bits per heavy atom. The predicted octanol–water partition coefficient (Wildman–Crippen LogP) is 3.13. The lowest BCUT2D eigenvalue weighted by Gasteiger charge is -2.12. The highest BCUT2D eigenvalue weighted by molar-refractivity contribution is 5.80. The highest BCUT2D eigenvalue weighted by Crippen LogP contribution is 2.33. The summed E-state index contributed by atoms with van der Waals surface area (Å²) in [6.07, 6.45) is -8.36. The average molecular weight is 345 g/mol. The van der Waals surface area contributed by atoms with Crippen molar-refractivity contribution in [3.8, 4) is 0 Å². The Morgan fingerprint density at radius 2 is 1.78 bits per heavy atom. The zero-order valence-electron chi connectivity index (χ0n) is 11.7. The Hall–Kier alpha value is -2.30. The van der Waals surface area contributed by atoms with Gasteiger partial charge in [-0.2, -0.15) is 26.3 Å². The molecule has 3 N–H and O–H groups in total. The summed E-state index contributed by atoms with van der Waals surface area (Å²) in [6.45, 7) is 1.33. The van der Waals surface area contributed by atoms with Crippen LogP contribution in [0.4, 0.5) is 26.3 Å². The molecule has 0 spiro atoms. The van der Waals surface area contributed by atoms with Gasteiger partial charge in [0.25, 0.3) is 0 Å². The van der Waals surface area contributed by atoms with Crippen molar-refractivity contribution in [2.24, 2.45) is 10.8 Å². The van der Waals surface area contributed by atoms with E-state index in [1.807, 2.05) is 0 Å². The lowest BCUT2D eigenvalue weighted by Crippen LogP contribution is -2.24. The van der Waals surface area contributed by atoms with E-state index in [0.717, 1.165) is 0 Å². The van der Waals surface area contributed by atoms with Gasteiger partial charge in [-0.3, -0.25) is 5.01 Å². The number of aliphatic carboxylic acids is 1. The summed E-state index contributed by atoms with van der Waals surface area (Å²) in [5.41, 5.74) is -3.34. The molecule has 0 saturated heterocycles. The summed E-state index contributed by atoms with van der Waals surface area (Å²) in [4.78, 5) is 13.0. The molecule has 0 bridgehead atoms. The van der Waals surface area contributed by atoms with Crippen LogP contribution in [0, 0.1) is 0 Å². The molecule has 0 fully saturated rings. The Morgan fingerprint density at radius 3 is 2.17 bits per heavy atom. The molecule has 5 nitrogen and oxygen atoms in total. The van der Waals surface area contributed by atoms with Crippen molar-refractivity contribution in [2.45, 2.75) is 25.7 Å². The van der Waals surface area contributed by atoms with E-state index in [1.165, 1.54) is 6.92 Å². The van der Waals surface area contributed by atoms with Crippen LogP contribution < -0.4 is 5.84 Å². The first-order valence-electron chi connectivity index (χ1n) is 5.92. The Kier molecular flexibility index (Phi) is 7.53. The van der Waals surface area contributed by atoms with Crippen LogP contribution in [0.3, 0.4) is 0 Å². The van der Waals surface area contributed by atoms with Gasteiger partial charge in [0.2, 0.25) is 0 Å². The molecule has 0 aliphatic carbocycles. The number of allylic oxidation sites excluding steroid dienone is 4. The van der Waals surface area contributed by atoms with Gasteiger partial charge in [0, 0.05) is 12.3 Å². The van der Waals surface area contributed by atoms with E-state index in [4.69, 9.17) is 10.9 Å². The van der Waals surface area contributed by atoms with Crippen LogP contribution in [-0.4, -0.2) is 34.8 Å². The monoisotopic (exact) mass is 345 g/mol. The molecule has 0 heterocycles. The van der Waals surface area contributed by atoms with Crippen molar-refractivity contribution in [2.75, 3.05) is 0 Å². The molecular weight excluding hydrogens is 332 g/mol. The molecule has 0 aliphatic heterocycles.